The van der Waals surface area contributed by atoms with E-state index in [-0.39, 0.29) is 0 Å². The van der Waals surface area contributed by atoms with Crippen molar-refractivity contribution in [2.24, 2.45) is 0 Å². The number of carbonyl (C=O) groups excluding carboxylic acids is 1. The molecule has 0 bridgehead atoms. The van der Waals surface area contributed by atoms with Crippen molar-refractivity contribution in [3.05, 3.63) is 64.5 Å². The lowest BCUT2D eigenvalue weighted by Crippen LogP contribution is -2.39. The van der Waals surface area contributed by atoms with E-state index in [0.29, 0.717) is 25.3 Å². The van der Waals surface area contributed by atoms with Crippen LogP contribution < -0.4 is 4.74 Å². The highest BCUT2D eigenvalue weighted by atomic mass is 19.4. The molecule has 1 amide bonds. The van der Waals surface area contributed by atoms with Gasteiger partial charge in [-0.25, -0.2) is 9.18 Å². The minimum atomic E-state index is -4.68. The van der Waals surface area contributed by atoms with Crippen LogP contribution in [0.25, 0.3) is 0 Å². The largest absolute Gasteiger partial charge is 0.489 e. The average Bonchev–Trinajstić information content (AvgIpc) is 2.64. The van der Waals surface area contributed by atoms with Gasteiger partial charge in [-0.3, -0.25) is 0 Å². The summed E-state index contributed by atoms with van der Waals surface area (Å²) >= 11 is 0. The van der Waals surface area contributed by atoms with Crippen LogP contribution in [0.1, 0.15) is 43.0 Å². The smallest absolute Gasteiger partial charge is 0.416 e. The first-order valence-electron chi connectivity index (χ1n) is 9.51. The van der Waals surface area contributed by atoms with Crippen molar-refractivity contribution in [1.29, 1.82) is 0 Å². The third kappa shape index (κ3) is 5.23. The molecular formula is C22H23F4NO3. The molecule has 0 aromatic heterocycles. The third-order valence-corrected chi connectivity index (χ3v) is 4.65. The first kappa shape index (κ1) is 21.9. The molecule has 0 atom stereocenters. The Morgan fingerprint density at radius 3 is 2.50 bits per heavy atom. The summed E-state index contributed by atoms with van der Waals surface area (Å²) in [6.45, 7) is 5.60. The molecule has 0 N–H and O–H groups in total. The van der Waals surface area contributed by atoms with Crippen molar-refractivity contribution in [3.8, 4) is 5.75 Å². The van der Waals surface area contributed by atoms with E-state index in [0.717, 1.165) is 29.3 Å². The monoisotopic (exact) mass is 425 g/mol. The fourth-order valence-electron chi connectivity index (χ4n) is 3.23. The lowest BCUT2D eigenvalue weighted by molar-refractivity contribution is -0.138. The Kier molecular flexibility index (Phi) is 5.97. The van der Waals surface area contributed by atoms with Crippen molar-refractivity contribution >= 4 is 6.09 Å². The Hall–Kier alpha value is -2.77. The van der Waals surface area contributed by atoms with Gasteiger partial charge in [-0.1, -0.05) is 12.1 Å². The van der Waals surface area contributed by atoms with Crippen LogP contribution in [-0.2, 0) is 30.5 Å². The van der Waals surface area contributed by atoms with E-state index in [1.807, 2.05) is 6.07 Å². The third-order valence-electron chi connectivity index (χ3n) is 4.65. The molecule has 162 valence electrons. The van der Waals surface area contributed by atoms with Crippen molar-refractivity contribution in [3.63, 3.8) is 0 Å². The molecule has 8 heteroatoms. The highest BCUT2D eigenvalue weighted by molar-refractivity contribution is 5.68. The molecule has 0 saturated carbocycles. The van der Waals surface area contributed by atoms with Gasteiger partial charge in [0.1, 0.15) is 23.8 Å². The second kappa shape index (κ2) is 8.16. The van der Waals surface area contributed by atoms with Gasteiger partial charge in [-0.05, 0) is 62.6 Å². The summed E-state index contributed by atoms with van der Waals surface area (Å²) in [6.07, 6.45) is -4.48. The number of carbonyl (C=O) groups is 1. The maximum Gasteiger partial charge on any atom is 0.416 e. The van der Waals surface area contributed by atoms with Crippen LogP contribution in [-0.4, -0.2) is 23.1 Å². The van der Waals surface area contributed by atoms with E-state index in [4.69, 9.17) is 9.47 Å². The molecule has 1 heterocycles. The van der Waals surface area contributed by atoms with Crippen LogP contribution in [0.5, 0.6) is 5.75 Å². The maximum absolute atomic E-state index is 14.0. The average molecular weight is 425 g/mol. The zero-order chi connectivity index (χ0) is 22.1. The summed E-state index contributed by atoms with van der Waals surface area (Å²) in [5.41, 5.74) is -0.383. The number of halogens is 4. The first-order valence-corrected chi connectivity index (χ1v) is 9.51. The summed E-state index contributed by atoms with van der Waals surface area (Å²) in [5, 5.41) is 0. The van der Waals surface area contributed by atoms with Crippen molar-refractivity contribution in [2.45, 2.75) is 52.1 Å². The Bertz CT molecular complexity index is 935. The van der Waals surface area contributed by atoms with E-state index in [1.54, 1.807) is 37.8 Å². The van der Waals surface area contributed by atoms with Gasteiger partial charge in [0.2, 0.25) is 0 Å². The topological polar surface area (TPSA) is 38.8 Å². The number of alkyl halides is 3. The zero-order valence-electron chi connectivity index (χ0n) is 17.0. The molecular weight excluding hydrogens is 402 g/mol. The molecule has 0 aliphatic carbocycles. The van der Waals surface area contributed by atoms with Crippen molar-refractivity contribution in [2.75, 3.05) is 6.54 Å². The van der Waals surface area contributed by atoms with Gasteiger partial charge in [0.15, 0.2) is 0 Å². The summed E-state index contributed by atoms with van der Waals surface area (Å²) in [4.78, 5) is 13.9. The van der Waals surface area contributed by atoms with Gasteiger partial charge in [0.05, 0.1) is 5.56 Å². The molecule has 0 spiro atoms. The molecule has 1 aliphatic rings. The van der Waals surface area contributed by atoms with Gasteiger partial charge in [-0.15, -0.1) is 0 Å². The Labute approximate surface area is 172 Å². The predicted molar refractivity (Wildman–Crippen MR) is 103 cm³/mol. The highest BCUT2D eigenvalue weighted by Crippen LogP contribution is 2.34. The Balaban J connectivity index is 1.74. The standard InChI is InChI=1S/C22H23F4NO3/c1-21(2,3)30-20(28)27-10-9-14-7-8-16(11-15(14)12-27)29-13-17-18(22(24,25)26)5-4-6-19(17)23/h4-8,11H,9-10,12-13H2,1-3H3. The predicted octanol–water partition coefficient (Wildman–Crippen LogP) is 5.72. The fourth-order valence-corrected chi connectivity index (χ4v) is 3.23. The van der Waals surface area contributed by atoms with E-state index in [1.165, 1.54) is 0 Å². The molecule has 2 aromatic rings. The highest BCUT2D eigenvalue weighted by Gasteiger charge is 2.34. The van der Waals surface area contributed by atoms with E-state index >= 15 is 0 Å². The second-order valence-electron chi connectivity index (χ2n) is 8.13. The molecule has 0 radical (unpaired) electrons. The number of amides is 1. The van der Waals surface area contributed by atoms with E-state index in [2.05, 4.69) is 0 Å². The minimum absolute atomic E-state index is 0.301. The number of hydrogen-bond acceptors (Lipinski definition) is 3. The minimum Gasteiger partial charge on any atom is -0.489 e. The van der Waals surface area contributed by atoms with Gasteiger partial charge in [-0.2, -0.15) is 13.2 Å². The Morgan fingerprint density at radius 2 is 1.83 bits per heavy atom. The van der Waals surface area contributed by atoms with Gasteiger partial charge >= 0.3 is 12.3 Å². The first-order chi connectivity index (χ1) is 13.9. The van der Waals surface area contributed by atoms with Crippen LogP contribution in [0.3, 0.4) is 0 Å². The molecule has 0 fully saturated rings. The molecule has 2 aromatic carbocycles. The molecule has 30 heavy (non-hydrogen) atoms. The second-order valence-corrected chi connectivity index (χ2v) is 8.13. The van der Waals surface area contributed by atoms with Crippen LogP contribution in [0.4, 0.5) is 22.4 Å². The molecule has 0 saturated heterocycles. The maximum atomic E-state index is 14.0. The van der Waals surface area contributed by atoms with Crippen LogP contribution in [0.2, 0.25) is 0 Å². The van der Waals surface area contributed by atoms with Gasteiger partial charge < -0.3 is 14.4 Å². The lowest BCUT2D eigenvalue weighted by atomic mass is 10.00. The molecule has 3 rings (SSSR count). The fraction of sp³-hybridized carbons (Fsp3) is 0.409. The number of benzene rings is 2. The van der Waals surface area contributed by atoms with Crippen LogP contribution >= 0.6 is 0 Å². The van der Waals surface area contributed by atoms with Crippen molar-refractivity contribution < 1.29 is 31.8 Å². The number of rotatable bonds is 3. The van der Waals surface area contributed by atoms with Gasteiger partial charge in [0.25, 0.3) is 0 Å². The zero-order valence-corrected chi connectivity index (χ0v) is 17.0. The number of ether oxygens (including phenoxy) is 2. The van der Waals surface area contributed by atoms with E-state index < -0.39 is 41.4 Å². The number of hydrogen-bond donors (Lipinski definition) is 0. The summed E-state index contributed by atoms with van der Waals surface area (Å²) in [5.74, 6) is -0.671. The van der Waals surface area contributed by atoms with Crippen LogP contribution in [0, 0.1) is 5.82 Å². The SMILES string of the molecule is CC(C)(C)OC(=O)N1CCc2ccc(OCc3c(F)cccc3C(F)(F)F)cc2C1. The molecule has 1 aliphatic heterocycles. The molecule has 0 unspecified atom stereocenters. The normalized spacial score (nSPS) is 14.3. The number of nitrogens with zero attached hydrogens (tertiary/aromatic N) is 1. The van der Waals surface area contributed by atoms with Crippen LogP contribution in [0.15, 0.2) is 36.4 Å². The lowest BCUT2D eigenvalue weighted by Gasteiger charge is -2.31. The summed E-state index contributed by atoms with van der Waals surface area (Å²) in [6, 6.07) is 7.93. The quantitative estimate of drug-likeness (QED) is 0.591. The summed E-state index contributed by atoms with van der Waals surface area (Å²) < 4.78 is 64.3. The number of fused-ring (bicyclic) bond motifs is 1. The van der Waals surface area contributed by atoms with Crippen molar-refractivity contribution in [1.82, 2.24) is 4.90 Å². The van der Waals surface area contributed by atoms with Gasteiger partial charge in [0, 0.05) is 18.7 Å². The van der Waals surface area contributed by atoms with E-state index in [9.17, 15) is 22.4 Å². The Morgan fingerprint density at radius 1 is 1.10 bits per heavy atom. The summed E-state index contributed by atoms with van der Waals surface area (Å²) in [7, 11) is 0. The molecule has 4 nitrogen and oxygen atoms in total.